The fraction of sp³-hybridized carbons (Fsp3) is 0.714. The summed E-state index contributed by atoms with van der Waals surface area (Å²) >= 11 is 0. The lowest BCUT2D eigenvalue weighted by molar-refractivity contribution is 0.288. The van der Waals surface area contributed by atoms with Crippen LogP contribution in [0.3, 0.4) is 0 Å². The summed E-state index contributed by atoms with van der Waals surface area (Å²) in [5, 5.41) is 27.6. The minimum Gasteiger partial charge on any atom is -0.493 e. The molecule has 0 aliphatic rings. The van der Waals surface area contributed by atoms with Crippen molar-refractivity contribution in [3.63, 3.8) is 0 Å². The van der Waals surface area contributed by atoms with Gasteiger partial charge < -0.3 is 29.6 Å². The molecule has 0 amide bonds. The Bertz CT molecular complexity index is 1390. The van der Waals surface area contributed by atoms with Gasteiger partial charge in [0.1, 0.15) is 46.5 Å². The highest BCUT2D eigenvalue weighted by atomic mass is 16.5. The number of hydrogen-bond donors (Lipinski definition) is 2. The van der Waals surface area contributed by atoms with E-state index in [9.17, 15) is 10.5 Å². The van der Waals surface area contributed by atoms with Crippen molar-refractivity contribution in [2.75, 3.05) is 26.4 Å². The SMILES string of the molecule is CCCCCCCCCOc1cc(OCCCCCCCCC)cc(C(C)N/C(C#N)=C(/C#N)NC(C)c2cc(OCCCCCCCCC)cc(OCCCCCCCCC)c2)c1. The van der Waals surface area contributed by atoms with Crippen molar-refractivity contribution in [2.24, 2.45) is 0 Å². The van der Waals surface area contributed by atoms with Gasteiger partial charge in [0.05, 0.1) is 26.4 Å². The maximum atomic E-state index is 10.4. The van der Waals surface area contributed by atoms with Gasteiger partial charge in [-0.2, -0.15) is 10.5 Å². The standard InChI is InChI=1S/C56H92N4O4/c1-7-11-15-19-23-27-31-35-61-51-39-49(40-52(43-51)62-36-32-28-24-20-16-12-8-2)47(5)59-55(45-57)56(46-58)60-48(6)50-41-53(63-37-33-29-25-21-17-13-9-3)44-54(42-50)64-38-34-30-26-22-18-14-10-4/h39-44,47-48,59-60H,7-38H2,1-6H3/b56-55-. The summed E-state index contributed by atoms with van der Waals surface area (Å²) in [6.45, 7) is 15.6. The van der Waals surface area contributed by atoms with Crippen molar-refractivity contribution < 1.29 is 18.9 Å². The molecule has 0 heterocycles. The van der Waals surface area contributed by atoms with Crippen LogP contribution in [0.5, 0.6) is 23.0 Å². The van der Waals surface area contributed by atoms with E-state index in [0.29, 0.717) is 26.4 Å². The molecular formula is C56H92N4O4. The third kappa shape index (κ3) is 26.7. The molecule has 2 atom stereocenters. The van der Waals surface area contributed by atoms with Crippen LogP contribution >= 0.6 is 0 Å². The topological polar surface area (TPSA) is 109 Å². The van der Waals surface area contributed by atoms with Gasteiger partial charge in [0, 0.05) is 24.2 Å². The van der Waals surface area contributed by atoms with Gasteiger partial charge in [-0.05, 0) is 74.9 Å². The number of rotatable bonds is 42. The van der Waals surface area contributed by atoms with Gasteiger partial charge in [-0.15, -0.1) is 0 Å². The molecule has 2 N–H and O–H groups in total. The predicted octanol–water partition coefficient (Wildman–Crippen LogP) is 16.5. The Labute approximate surface area is 392 Å². The lowest BCUT2D eigenvalue weighted by Gasteiger charge is -2.21. The third-order valence-electron chi connectivity index (χ3n) is 12.1. The van der Waals surface area contributed by atoms with Crippen molar-refractivity contribution in [1.29, 1.82) is 10.5 Å². The fourth-order valence-corrected chi connectivity index (χ4v) is 7.94. The largest absolute Gasteiger partial charge is 0.493 e. The van der Waals surface area contributed by atoms with Crippen molar-refractivity contribution in [3.05, 3.63) is 58.9 Å². The maximum Gasteiger partial charge on any atom is 0.148 e. The molecule has 0 fully saturated rings. The Hall–Kier alpha value is -4.04. The second-order valence-corrected chi connectivity index (χ2v) is 18.1. The molecule has 64 heavy (non-hydrogen) atoms. The van der Waals surface area contributed by atoms with E-state index in [-0.39, 0.29) is 23.5 Å². The molecule has 0 saturated carbocycles. The van der Waals surface area contributed by atoms with Gasteiger partial charge in [-0.1, -0.05) is 182 Å². The van der Waals surface area contributed by atoms with Crippen LogP contribution < -0.4 is 29.6 Å². The van der Waals surface area contributed by atoms with Crippen LogP contribution in [0.25, 0.3) is 0 Å². The van der Waals surface area contributed by atoms with Crippen molar-refractivity contribution in [3.8, 4) is 35.1 Å². The maximum absolute atomic E-state index is 10.4. The summed E-state index contributed by atoms with van der Waals surface area (Å²) < 4.78 is 25.2. The van der Waals surface area contributed by atoms with Gasteiger partial charge in [0.15, 0.2) is 0 Å². The van der Waals surface area contributed by atoms with E-state index < -0.39 is 0 Å². The monoisotopic (exact) mass is 885 g/mol. The molecule has 0 spiro atoms. The number of unbranched alkanes of at least 4 members (excludes halogenated alkanes) is 24. The lowest BCUT2D eigenvalue weighted by Crippen LogP contribution is -2.25. The first-order chi connectivity index (χ1) is 31.4. The molecule has 0 bridgehead atoms. The summed E-state index contributed by atoms with van der Waals surface area (Å²) in [7, 11) is 0. The molecule has 0 aromatic heterocycles. The van der Waals surface area contributed by atoms with Crippen LogP contribution in [-0.2, 0) is 0 Å². The molecule has 360 valence electrons. The molecule has 2 aromatic carbocycles. The predicted molar refractivity (Wildman–Crippen MR) is 268 cm³/mol. The highest BCUT2D eigenvalue weighted by Gasteiger charge is 2.18. The second kappa shape index (κ2) is 38.3. The Balaban J connectivity index is 2.20. The van der Waals surface area contributed by atoms with Crippen LogP contribution in [0.4, 0.5) is 0 Å². The molecule has 8 heteroatoms. The molecule has 8 nitrogen and oxygen atoms in total. The Morgan fingerprint density at radius 2 is 0.594 bits per heavy atom. The molecule has 0 aliphatic carbocycles. The van der Waals surface area contributed by atoms with Gasteiger partial charge in [-0.25, -0.2) is 0 Å². The fourth-order valence-electron chi connectivity index (χ4n) is 7.94. The van der Waals surface area contributed by atoms with E-state index in [1.807, 2.05) is 50.2 Å². The average Bonchev–Trinajstić information content (AvgIpc) is 3.30. The molecule has 0 saturated heterocycles. The Kier molecular flexibility index (Phi) is 33.5. The van der Waals surface area contributed by atoms with Crippen LogP contribution in [-0.4, -0.2) is 26.4 Å². The van der Waals surface area contributed by atoms with Crippen molar-refractivity contribution >= 4 is 0 Å². The molecule has 2 rings (SSSR count). The zero-order chi connectivity index (χ0) is 46.3. The number of ether oxygens (including phenoxy) is 4. The van der Waals surface area contributed by atoms with Gasteiger partial charge in [-0.3, -0.25) is 0 Å². The van der Waals surface area contributed by atoms with Crippen molar-refractivity contribution in [2.45, 2.75) is 233 Å². The molecular weight excluding hydrogens is 793 g/mol. The summed E-state index contributed by atoms with van der Waals surface area (Å²) in [6, 6.07) is 16.1. The number of allylic oxidation sites excluding steroid dienone is 2. The summed E-state index contributed by atoms with van der Waals surface area (Å²) in [6.07, 6.45) is 34.3. The molecule has 0 radical (unpaired) electrons. The molecule has 2 aromatic rings. The van der Waals surface area contributed by atoms with Crippen molar-refractivity contribution in [1.82, 2.24) is 10.6 Å². The number of nitrogens with one attached hydrogen (secondary N) is 2. The van der Waals surface area contributed by atoms with E-state index in [1.54, 1.807) is 0 Å². The first kappa shape index (κ1) is 56.1. The van der Waals surface area contributed by atoms with E-state index in [0.717, 1.165) is 85.5 Å². The number of nitriles is 2. The minimum absolute atomic E-state index is 0.184. The lowest BCUT2D eigenvalue weighted by atomic mass is 10.1. The quantitative estimate of drug-likeness (QED) is 0.0501. The van der Waals surface area contributed by atoms with Gasteiger partial charge in [0.25, 0.3) is 0 Å². The summed E-state index contributed by atoms with van der Waals surface area (Å²) in [4.78, 5) is 0. The Morgan fingerprint density at radius 1 is 0.375 bits per heavy atom. The van der Waals surface area contributed by atoms with E-state index >= 15 is 0 Å². The molecule has 0 aliphatic heterocycles. The van der Waals surface area contributed by atoms with Crippen LogP contribution in [0.2, 0.25) is 0 Å². The van der Waals surface area contributed by atoms with E-state index in [2.05, 4.69) is 50.5 Å². The Morgan fingerprint density at radius 3 is 0.812 bits per heavy atom. The summed E-state index contributed by atoms with van der Waals surface area (Å²) in [5.74, 6) is 3.06. The normalized spacial score (nSPS) is 12.4. The number of hydrogen-bond acceptors (Lipinski definition) is 8. The zero-order valence-corrected chi connectivity index (χ0v) is 41.8. The first-order valence-corrected chi connectivity index (χ1v) is 26.3. The third-order valence-corrected chi connectivity index (χ3v) is 12.1. The van der Waals surface area contributed by atoms with Crippen LogP contribution in [0.15, 0.2) is 47.8 Å². The molecule has 2 unspecified atom stereocenters. The second-order valence-electron chi connectivity index (χ2n) is 18.1. The highest BCUT2D eigenvalue weighted by molar-refractivity contribution is 5.43. The van der Waals surface area contributed by atoms with E-state index in [4.69, 9.17) is 18.9 Å². The summed E-state index contributed by atoms with van der Waals surface area (Å²) in [5.41, 5.74) is 2.23. The van der Waals surface area contributed by atoms with E-state index in [1.165, 1.54) is 128 Å². The minimum atomic E-state index is -0.298. The number of benzene rings is 2. The van der Waals surface area contributed by atoms with Gasteiger partial charge >= 0.3 is 0 Å². The average molecular weight is 885 g/mol. The smallest absolute Gasteiger partial charge is 0.148 e. The van der Waals surface area contributed by atoms with Gasteiger partial charge in [0.2, 0.25) is 0 Å². The van der Waals surface area contributed by atoms with Crippen LogP contribution in [0, 0.1) is 22.7 Å². The zero-order valence-electron chi connectivity index (χ0n) is 41.8. The number of nitrogens with zero attached hydrogens (tertiary/aromatic N) is 2. The van der Waals surface area contributed by atoms with Crippen LogP contribution in [0.1, 0.15) is 245 Å². The highest BCUT2D eigenvalue weighted by Crippen LogP contribution is 2.30. The first-order valence-electron chi connectivity index (χ1n) is 26.3.